The van der Waals surface area contributed by atoms with Crippen molar-refractivity contribution < 1.29 is 35.8 Å². The van der Waals surface area contributed by atoms with Crippen LogP contribution in [0.1, 0.15) is 34.9 Å². The Labute approximate surface area is 278 Å². The summed E-state index contributed by atoms with van der Waals surface area (Å²) < 4.78 is 80.2. The average molecular weight is 687 g/mol. The van der Waals surface area contributed by atoms with Crippen LogP contribution in [0.5, 0.6) is 11.5 Å². The molecule has 0 fully saturated rings. The molecule has 14 heteroatoms. The molecule has 0 N–H and O–H groups in total. The van der Waals surface area contributed by atoms with Gasteiger partial charge in [0.2, 0.25) is 21.8 Å². The van der Waals surface area contributed by atoms with Crippen LogP contribution in [-0.4, -0.2) is 40.5 Å². The molecule has 7 rings (SSSR count). The van der Waals surface area contributed by atoms with Crippen molar-refractivity contribution in [2.45, 2.75) is 37.8 Å². The number of oxazole rings is 1. The third-order valence-electron chi connectivity index (χ3n) is 8.01. The van der Waals surface area contributed by atoms with E-state index in [1.165, 1.54) is 29.3 Å². The van der Waals surface area contributed by atoms with Crippen molar-refractivity contribution >= 4 is 20.9 Å². The SMILES string of the molecule is Cc1cc(-c2cc(F)c(=O)n(Cc3ccc4c(c3)OCO4)c2)nc(S(=O)(=O)CCC(OCc2ccccc2F)c2ccc3ncoc3c2)n1. The number of hydrogen-bond donors (Lipinski definition) is 0. The molecule has 0 aliphatic carbocycles. The number of fused-ring (bicyclic) bond motifs is 2. The molecule has 250 valence electrons. The van der Waals surface area contributed by atoms with Crippen molar-refractivity contribution in [2.24, 2.45) is 0 Å². The van der Waals surface area contributed by atoms with E-state index in [1.54, 1.807) is 61.5 Å². The molecule has 11 nitrogen and oxygen atoms in total. The first kappa shape index (κ1) is 32.1. The monoisotopic (exact) mass is 686 g/mol. The highest BCUT2D eigenvalue weighted by molar-refractivity contribution is 7.91. The van der Waals surface area contributed by atoms with E-state index in [0.29, 0.717) is 45.0 Å². The third-order valence-corrected chi connectivity index (χ3v) is 9.53. The minimum Gasteiger partial charge on any atom is -0.454 e. The zero-order valence-corrected chi connectivity index (χ0v) is 26.8. The Hall–Kier alpha value is -5.47. The maximum absolute atomic E-state index is 15.0. The zero-order chi connectivity index (χ0) is 34.1. The van der Waals surface area contributed by atoms with Crippen molar-refractivity contribution in [1.82, 2.24) is 19.5 Å². The summed E-state index contributed by atoms with van der Waals surface area (Å²) in [6, 6.07) is 19.0. The first-order chi connectivity index (χ1) is 23.6. The van der Waals surface area contributed by atoms with E-state index in [0.717, 1.165) is 6.07 Å². The second kappa shape index (κ2) is 13.2. The summed E-state index contributed by atoms with van der Waals surface area (Å²) in [6.45, 7) is 1.59. The molecule has 1 aliphatic heterocycles. The summed E-state index contributed by atoms with van der Waals surface area (Å²) >= 11 is 0. The Morgan fingerprint density at radius 3 is 2.65 bits per heavy atom. The van der Waals surface area contributed by atoms with Crippen LogP contribution in [-0.2, 0) is 27.7 Å². The lowest BCUT2D eigenvalue weighted by molar-refractivity contribution is 0.0361. The standard InChI is InChI=1S/C35H28F2N4O7S/c1-21-12-29(25-14-27(37)34(42)41(17-25)16-22-6-9-31-33(13-22)48-20-47-31)40-35(39-21)49(43,44)11-10-30(45-18-24-4-2-3-5-26(24)36)23-7-8-28-32(15-23)46-19-38-28/h2-9,12-15,17,19,30H,10-11,16,18,20H2,1H3. The van der Waals surface area contributed by atoms with Crippen molar-refractivity contribution in [2.75, 3.05) is 12.5 Å². The molecular weight excluding hydrogens is 658 g/mol. The van der Waals surface area contributed by atoms with Gasteiger partial charge >= 0.3 is 0 Å². The highest BCUT2D eigenvalue weighted by Crippen LogP contribution is 2.33. The van der Waals surface area contributed by atoms with Crippen molar-refractivity contribution in [3.05, 3.63) is 130 Å². The van der Waals surface area contributed by atoms with E-state index in [1.807, 2.05) is 0 Å². The van der Waals surface area contributed by atoms with Gasteiger partial charge in [-0.3, -0.25) is 4.79 Å². The summed E-state index contributed by atoms with van der Waals surface area (Å²) in [7, 11) is -4.12. The first-order valence-corrected chi connectivity index (χ1v) is 16.8. The van der Waals surface area contributed by atoms with E-state index in [9.17, 15) is 22.0 Å². The maximum Gasteiger partial charge on any atom is 0.286 e. The Kier molecular flexibility index (Phi) is 8.65. The van der Waals surface area contributed by atoms with E-state index in [4.69, 9.17) is 18.6 Å². The lowest BCUT2D eigenvalue weighted by Gasteiger charge is -2.19. The van der Waals surface area contributed by atoms with E-state index < -0.39 is 44.0 Å². The van der Waals surface area contributed by atoms with Gasteiger partial charge in [-0.1, -0.05) is 30.3 Å². The van der Waals surface area contributed by atoms with Gasteiger partial charge in [0.25, 0.3) is 5.56 Å². The van der Waals surface area contributed by atoms with Gasteiger partial charge in [-0.25, -0.2) is 32.2 Å². The number of pyridine rings is 1. The molecule has 0 saturated carbocycles. The third kappa shape index (κ3) is 6.91. The Balaban J connectivity index is 1.15. The van der Waals surface area contributed by atoms with Crippen molar-refractivity contribution in [1.29, 1.82) is 0 Å². The molecule has 1 unspecified atom stereocenters. The molecule has 6 aromatic rings. The molecule has 0 saturated heterocycles. The van der Waals surface area contributed by atoms with Crippen LogP contribution in [0.4, 0.5) is 8.78 Å². The number of halogens is 2. The van der Waals surface area contributed by atoms with Gasteiger partial charge in [0.15, 0.2) is 29.3 Å². The number of benzene rings is 3. The molecule has 0 bridgehead atoms. The number of sulfone groups is 1. The van der Waals surface area contributed by atoms with Crippen LogP contribution in [0.25, 0.3) is 22.4 Å². The molecule has 1 aliphatic rings. The van der Waals surface area contributed by atoms with E-state index >= 15 is 0 Å². The van der Waals surface area contributed by atoms with Crippen LogP contribution >= 0.6 is 0 Å². The molecule has 4 heterocycles. The molecule has 0 radical (unpaired) electrons. The predicted molar refractivity (Wildman–Crippen MR) is 173 cm³/mol. The quantitative estimate of drug-likeness (QED) is 0.151. The lowest BCUT2D eigenvalue weighted by Crippen LogP contribution is -2.23. The number of hydrogen-bond acceptors (Lipinski definition) is 10. The van der Waals surface area contributed by atoms with Gasteiger partial charge in [-0.05, 0) is 66.9 Å². The number of nitrogens with zero attached hydrogens (tertiary/aromatic N) is 4. The number of ether oxygens (including phenoxy) is 3. The van der Waals surface area contributed by atoms with Crippen LogP contribution in [0, 0.1) is 18.6 Å². The van der Waals surface area contributed by atoms with Gasteiger partial charge < -0.3 is 23.2 Å². The summed E-state index contributed by atoms with van der Waals surface area (Å²) in [5, 5.41) is -0.463. The minimum atomic E-state index is -4.12. The molecule has 3 aromatic heterocycles. The van der Waals surface area contributed by atoms with Crippen LogP contribution in [0.15, 0.2) is 99.8 Å². The summed E-state index contributed by atoms with van der Waals surface area (Å²) in [5.41, 5.74) is 2.46. The van der Waals surface area contributed by atoms with Crippen LogP contribution in [0.2, 0.25) is 0 Å². The van der Waals surface area contributed by atoms with Crippen molar-refractivity contribution in [3.8, 4) is 22.8 Å². The van der Waals surface area contributed by atoms with Gasteiger partial charge in [0.1, 0.15) is 11.3 Å². The number of aromatic nitrogens is 4. The average Bonchev–Trinajstić information content (AvgIpc) is 3.76. The fraction of sp³-hybridized carbons (Fsp3) is 0.200. The van der Waals surface area contributed by atoms with Gasteiger partial charge in [0.05, 0.1) is 30.7 Å². The largest absolute Gasteiger partial charge is 0.454 e. The van der Waals surface area contributed by atoms with E-state index in [-0.39, 0.29) is 37.6 Å². The number of aryl methyl sites for hydroxylation is 1. The minimum absolute atomic E-state index is 0.0174. The number of rotatable bonds is 11. The maximum atomic E-state index is 15.0. The topological polar surface area (TPSA) is 136 Å². The van der Waals surface area contributed by atoms with Crippen LogP contribution in [0.3, 0.4) is 0 Å². The molecular formula is C35H28F2N4O7S. The van der Waals surface area contributed by atoms with Gasteiger partial charge in [0, 0.05) is 23.0 Å². The molecule has 49 heavy (non-hydrogen) atoms. The van der Waals surface area contributed by atoms with Crippen molar-refractivity contribution in [3.63, 3.8) is 0 Å². The smallest absolute Gasteiger partial charge is 0.286 e. The second-order valence-corrected chi connectivity index (χ2v) is 13.5. The molecule has 3 aromatic carbocycles. The molecule has 0 spiro atoms. The normalized spacial score (nSPS) is 13.2. The molecule has 0 amide bonds. The Morgan fingerprint density at radius 1 is 0.959 bits per heavy atom. The fourth-order valence-electron chi connectivity index (χ4n) is 5.50. The summed E-state index contributed by atoms with van der Waals surface area (Å²) in [4.78, 5) is 25.3. The zero-order valence-electron chi connectivity index (χ0n) is 26.0. The molecule has 1 atom stereocenters. The Bertz CT molecular complexity index is 2360. The highest BCUT2D eigenvalue weighted by atomic mass is 32.2. The van der Waals surface area contributed by atoms with E-state index in [2.05, 4.69) is 15.0 Å². The first-order valence-electron chi connectivity index (χ1n) is 15.2. The van der Waals surface area contributed by atoms with Crippen LogP contribution < -0.4 is 15.0 Å². The lowest BCUT2D eigenvalue weighted by atomic mass is 10.1. The van der Waals surface area contributed by atoms with Gasteiger partial charge in [-0.2, -0.15) is 0 Å². The summed E-state index contributed by atoms with van der Waals surface area (Å²) in [6.07, 6.45) is 1.91. The highest BCUT2D eigenvalue weighted by Gasteiger charge is 2.25. The Morgan fingerprint density at radius 2 is 1.80 bits per heavy atom. The predicted octanol–water partition coefficient (Wildman–Crippen LogP) is 5.93. The fourth-order valence-corrected chi connectivity index (χ4v) is 6.73. The van der Waals surface area contributed by atoms with Gasteiger partial charge in [-0.15, -0.1) is 0 Å². The summed E-state index contributed by atoms with van der Waals surface area (Å²) in [5.74, 6) is -0.817. The second-order valence-electron chi connectivity index (χ2n) is 11.5.